The van der Waals surface area contributed by atoms with Gasteiger partial charge in [-0.3, -0.25) is 4.79 Å². The molecule has 1 fully saturated rings. The highest BCUT2D eigenvalue weighted by Crippen LogP contribution is 2.16. The summed E-state index contributed by atoms with van der Waals surface area (Å²) >= 11 is 0. The van der Waals surface area contributed by atoms with Crippen LogP contribution in [0.25, 0.3) is 0 Å². The standard InChI is InChI=1S/C14H27NO3/c1-3-11(4-2)13(16)10-15-14(17)8-7-12-6-5-9-18-12/h11-13,16H,3-10H2,1-2H3,(H,15,17). The lowest BCUT2D eigenvalue weighted by atomic mass is 9.96. The number of amides is 1. The normalized spacial score (nSPS) is 21.2. The summed E-state index contributed by atoms with van der Waals surface area (Å²) in [6, 6.07) is 0. The molecule has 0 spiro atoms. The highest BCUT2D eigenvalue weighted by atomic mass is 16.5. The lowest BCUT2D eigenvalue weighted by Crippen LogP contribution is -2.36. The average Bonchev–Trinajstić information content (AvgIpc) is 2.88. The number of nitrogens with one attached hydrogen (secondary N) is 1. The van der Waals surface area contributed by atoms with Crippen LogP contribution in [0.1, 0.15) is 52.4 Å². The molecule has 0 aliphatic carbocycles. The molecule has 2 unspecified atom stereocenters. The highest BCUT2D eigenvalue weighted by molar-refractivity contribution is 5.75. The summed E-state index contributed by atoms with van der Waals surface area (Å²) in [6.45, 7) is 5.34. The van der Waals surface area contributed by atoms with E-state index in [9.17, 15) is 9.90 Å². The first kappa shape index (κ1) is 15.4. The molecule has 1 aliphatic rings. The number of hydrogen-bond donors (Lipinski definition) is 2. The molecule has 0 saturated carbocycles. The van der Waals surface area contributed by atoms with Crippen molar-refractivity contribution in [2.75, 3.05) is 13.2 Å². The SMILES string of the molecule is CCC(CC)C(O)CNC(=O)CCC1CCCO1. The largest absolute Gasteiger partial charge is 0.391 e. The fraction of sp³-hybridized carbons (Fsp3) is 0.929. The molecular formula is C14H27NO3. The molecule has 18 heavy (non-hydrogen) atoms. The van der Waals surface area contributed by atoms with E-state index in [1.807, 2.05) is 0 Å². The van der Waals surface area contributed by atoms with Crippen LogP contribution in [0.4, 0.5) is 0 Å². The second-order valence-electron chi connectivity index (χ2n) is 5.12. The number of aliphatic hydroxyl groups excluding tert-OH is 1. The Morgan fingerprint density at radius 2 is 2.17 bits per heavy atom. The zero-order valence-corrected chi connectivity index (χ0v) is 11.7. The molecule has 4 nitrogen and oxygen atoms in total. The minimum Gasteiger partial charge on any atom is -0.391 e. The summed E-state index contributed by atoms with van der Waals surface area (Å²) in [5.74, 6) is 0.305. The average molecular weight is 257 g/mol. The van der Waals surface area contributed by atoms with Crippen LogP contribution in [0, 0.1) is 5.92 Å². The second kappa shape index (κ2) is 8.48. The van der Waals surface area contributed by atoms with Gasteiger partial charge in [-0.1, -0.05) is 26.7 Å². The molecule has 1 heterocycles. The van der Waals surface area contributed by atoms with Crippen molar-refractivity contribution in [2.24, 2.45) is 5.92 Å². The topological polar surface area (TPSA) is 58.6 Å². The molecule has 0 radical (unpaired) electrons. The molecule has 0 aromatic rings. The number of carbonyl (C=O) groups is 1. The van der Waals surface area contributed by atoms with Crippen LogP contribution in [-0.4, -0.2) is 36.4 Å². The molecule has 0 bridgehead atoms. The van der Waals surface area contributed by atoms with Gasteiger partial charge in [-0.15, -0.1) is 0 Å². The maximum atomic E-state index is 11.6. The molecular weight excluding hydrogens is 230 g/mol. The molecule has 1 aliphatic heterocycles. The first-order chi connectivity index (χ1) is 8.67. The molecule has 1 amide bonds. The number of rotatable bonds is 8. The van der Waals surface area contributed by atoms with Crippen molar-refractivity contribution >= 4 is 5.91 Å². The Morgan fingerprint density at radius 3 is 2.72 bits per heavy atom. The highest BCUT2D eigenvalue weighted by Gasteiger charge is 2.18. The minimum atomic E-state index is -0.424. The predicted octanol–water partition coefficient (Wildman–Crippen LogP) is 1.86. The van der Waals surface area contributed by atoms with Crippen LogP contribution < -0.4 is 5.32 Å². The number of ether oxygens (including phenoxy) is 1. The van der Waals surface area contributed by atoms with Crippen LogP contribution in [-0.2, 0) is 9.53 Å². The van der Waals surface area contributed by atoms with Gasteiger partial charge >= 0.3 is 0 Å². The number of aliphatic hydroxyl groups is 1. The van der Waals surface area contributed by atoms with Crippen LogP contribution in [0.5, 0.6) is 0 Å². The zero-order chi connectivity index (χ0) is 13.4. The van der Waals surface area contributed by atoms with E-state index in [4.69, 9.17) is 4.74 Å². The van der Waals surface area contributed by atoms with Gasteiger partial charge in [0.05, 0.1) is 12.2 Å². The Balaban J connectivity index is 2.11. The zero-order valence-electron chi connectivity index (χ0n) is 11.7. The van der Waals surface area contributed by atoms with Gasteiger partial charge in [0.2, 0.25) is 5.91 Å². The van der Waals surface area contributed by atoms with Gasteiger partial charge < -0.3 is 15.2 Å². The van der Waals surface area contributed by atoms with E-state index in [-0.39, 0.29) is 17.9 Å². The van der Waals surface area contributed by atoms with E-state index in [0.29, 0.717) is 13.0 Å². The van der Waals surface area contributed by atoms with Crippen molar-refractivity contribution in [1.82, 2.24) is 5.32 Å². The Labute approximate surface area is 110 Å². The van der Waals surface area contributed by atoms with Crippen LogP contribution in [0.15, 0.2) is 0 Å². The number of carbonyl (C=O) groups excluding carboxylic acids is 1. The van der Waals surface area contributed by atoms with Gasteiger partial charge in [0, 0.05) is 19.6 Å². The fourth-order valence-corrected chi connectivity index (χ4v) is 2.47. The minimum absolute atomic E-state index is 0.0236. The van der Waals surface area contributed by atoms with Gasteiger partial charge in [0.25, 0.3) is 0 Å². The van der Waals surface area contributed by atoms with E-state index in [1.54, 1.807) is 0 Å². The van der Waals surface area contributed by atoms with Crippen LogP contribution >= 0.6 is 0 Å². The van der Waals surface area contributed by atoms with E-state index in [1.165, 1.54) is 0 Å². The van der Waals surface area contributed by atoms with E-state index < -0.39 is 6.10 Å². The Hall–Kier alpha value is -0.610. The summed E-state index contributed by atoms with van der Waals surface area (Å²) < 4.78 is 5.47. The lowest BCUT2D eigenvalue weighted by molar-refractivity contribution is -0.122. The van der Waals surface area contributed by atoms with E-state index >= 15 is 0 Å². The molecule has 1 rings (SSSR count). The molecule has 4 heteroatoms. The van der Waals surface area contributed by atoms with Crippen molar-refractivity contribution < 1.29 is 14.6 Å². The summed E-state index contributed by atoms with van der Waals surface area (Å²) in [6.07, 6.45) is 5.22. The third-order valence-electron chi connectivity index (χ3n) is 3.82. The Morgan fingerprint density at radius 1 is 1.44 bits per heavy atom. The lowest BCUT2D eigenvalue weighted by Gasteiger charge is -2.20. The molecule has 2 atom stereocenters. The van der Waals surface area contributed by atoms with Crippen molar-refractivity contribution in [3.05, 3.63) is 0 Å². The van der Waals surface area contributed by atoms with Crippen molar-refractivity contribution in [1.29, 1.82) is 0 Å². The molecule has 106 valence electrons. The molecule has 0 aromatic heterocycles. The van der Waals surface area contributed by atoms with Gasteiger partial charge in [0.15, 0.2) is 0 Å². The van der Waals surface area contributed by atoms with Crippen molar-refractivity contribution in [2.45, 2.75) is 64.6 Å². The predicted molar refractivity (Wildman–Crippen MR) is 71.3 cm³/mol. The van der Waals surface area contributed by atoms with Gasteiger partial charge in [-0.05, 0) is 25.2 Å². The first-order valence-corrected chi connectivity index (χ1v) is 7.23. The van der Waals surface area contributed by atoms with Crippen LogP contribution in [0.2, 0.25) is 0 Å². The second-order valence-corrected chi connectivity index (χ2v) is 5.12. The maximum absolute atomic E-state index is 11.6. The fourth-order valence-electron chi connectivity index (χ4n) is 2.47. The van der Waals surface area contributed by atoms with Gasteiger partial charge in [-0.2, -0.15) is 0 Å². The smallest absolute Gasteiger partial charge is 0.220 e. The van der Waals surface area contributed by atoms with Crippen molar-refractivity contribution in [3.8, 4) is 0 Å². The molecule has 2 N–H and O–H groups in total. The van der Waals surface area contributed by atoms with Crippen molar-refractivity contribution in [3.63, 3.8) is 0 Å². The van der Waals surface area contributed by atoms with Gasteiger partial charge in [-0.25, -0.2) is 0 Å². The summed E-state index contributed by atoms with van der Waals surface area (Å²) in [7, 11) is 0. The number of hydrogen-bond acceptors (Lipinski definition) is 3. The summed E-state index contributed by atoms with van der Waals surface area (Å²) in [5.41, 5.74) is 0. The summed E-state index contributed by atoms with van der Waals surface area (Å²) in [4.78, 5) is 11.6. The Kier molecular flexibility index (Phi) is 7.28. The maximum Gasteiger partial charge on any atom is 0.220 e. The molecule has 0 aromatic carbocycles. The van der Waals surface area contributed by atoms with Crippen LogP contribution in [0.3, 0.4) is 0 Å². The first-order valence-electron chi connectivity index (χ1n) is 7.23. The quantitative estimate of drug-likeness (QED) is 0.698. The van der Waals surface area contributed by atoms with E-state index in [0.717, 1.165) is 38.7 Å². The third kappa shape index (κ3) is 5.36. The Bertz CT molecular complexity index is 235. The third-order valence-corrected chi connectivity index (χ3v) is 3.82. The van der Waals surface area contributed by atoms with Gasteiger partial charge in [0.1, 0.15) is 0 Å². The van der Waals surface area contributed by atoms with E-state index in [2.05, 4.69) is 19.2 Å². The monoisotopic (exact) mass is 257 g/mol. The summed E-state index contributed by atoms with van der Waals surface area (Å²) in [5, 5.41) is 12.7. The molecule has 1 saturated heterocycles.